The first-order valence-electron chi connectivity index (χ1n) is 2.26. The molecule has 0 N–H and O–H groups in total. The number of alkyl halides is 3. The number of hydrogen-bond acceptors (Lipinski definition) is 5. The Bertz CT molecular complexity index is 297. The zero-order valence-electron chi connectivity index (χ0n) is 5.24. The maximum atomic E-state index is 11.4. The van der Waals surface area contributed by atoms with E-state index >= 15 is 0 Å². The number of rotatable bonds is 2. The molecule has 0 spiro atoms. The van der Waals surface area contributed by atoms with Crippen molar-refractivity contribution < 1.29 is 35.9 Å². The second-order valence-electron chi connectivity index (χ2n) is 1.80. The van der Waals surface area contributed by atoms with E-state index in [9.17, 15) is 35.9 Å². The van der Waals surface area contributed by atoms with Crippen molar-refractivity contribution in [1.29, 1.82) is 0 Å². The molecule has 10 heteroatoms. The molecule has 0 bridgehead atoms. The topological polar surface area (TPSA) is 97.3 Å². The number of sulfone groups is 1. The molecule has 0 fully saturated rings. The molecule has 12 heavy (non-hydrogen) atoms. The second-order valence-corrected chi connectivity index (χ2v) is 5.75. The van der Waals surface area contributed by atoms with E-state index in [0.717, 1.165) is 0 Å². The molecule has 0 radical (unpaired) electrons. The molecule has 0 amide bonds. The quantitative estimate of drug-likeness (QED) is 0.550. The predicted octanol–water partition coefficient (Wildman–Crippen LogP) is -1.21. The standard InChI is InChI=1S/C2H4F3O5PS/c3-2(4,5)12(9,10)1-11(6,7)8/h1H2,(H2,6,7,8)/p-2. The minimum absolute atomic E-state index is 2.43. The van der Waals surface area contributed by atoms with E-state index < -0.39 is 28.4 Å². The van der Waals surface area contributed by atoms with Crippen LogP contribution in [-0.4, -0.2) is 19.4 Å². The summed E-state index contributed by atoms with van der Waals surface area (Å²) in [5, 5.41) is 0. The van der Waals surface area contributed by atoms with Gasteiger partial charge in [-0.25, -0.2) is 8.42 Å². The molecular weight excluding hydrogens is 224 g/mol. The van der Waals surface area contributed by atoms with Gasteiger partial charge in [0.1, 0.15) is 0 Å². The lowest BCUT2D eigenvalue weighted by Gasteiger charge is -2.28. The van der Waals surface area contributed by atoms with E-state index in [2.05, 4.69) is 0 Å². The summed E-state index contributed by atoms with van der Waals surface area (Å²) in [6, 6.07) is 0. The van der Waals surface area contributed by atoms with Crippen LogP contribution in [0.1, 0.15) is 0 Å². The largest absolute Gasteiger partial charge is 0.810 e. The van der Waals surface area contributed by atoms with Gasteiger partial charge in [-0.3, -0.25) is 0 Å². The molecule has 0 rings (SSSR count). The minimum atomic E-state index is -5.84. The van der Waals surface area contributed by atoms with Crippen LogP contribution in [-0.2, 0) is 14.4 Å². The Labute approximate surface area is 65.3 Å². The molecule has 0 aliphatic carbocycles. The lowest BCUT2D eigenvalue weighted by Crippen LogP contribution is -2.31. The third-order valence-corrected chi connectivity index (χ3v) is 4.01. The van der Waals surface area contributed by atoms with E-state index in [-0.39, 0.29) is 0 Å². The van der Waals surface area contributed by atoms with Gasteiger partial charge in [-0.2, -0.15) is 13.2 Å². The van der Waals surface area contributed by atoms with Crippen molar-refractivity contribution in [2.75, 3.05) is 5.49 Å². The molecule has 0 aliphatic heterocycles. The molecule has 0 aromatic heterocycles. The van der Waals surface area contributed by atoms with Crippen molar-refractivity contribution in [3.05, 3.63) is 0 Å². The average molecular weight is 226 g/mol. The highest BCUT2D eigenvalue weighted by atomic mass is 32.2. The zero-order valence-corrected chi connectivity index (χ0v) is 6.95. The van der Waals surface area contributed by atoms with Gasteiger partial charge >= 0.3 is 5.51 Å². The van der Waals surface area contributed by atoms with Gasteiger partial charge in [-0.05, 0) is 0 Å². The van der Waals surface area contributed by atoms with Gasteiger partial charge in [-0.15, -0.1) is 0 Å². The van der Waals surface area contributed by atoms with Crippen molar-refractivity contribution in [2.45, 2.75) is 5.51 Å². The minimum Gasteiger partial charge on any atom is -0.810 e. The fraction of sp³-hybridized carbons (Fsp3) is 1.00. The number of halogens is 3. The van der Waals surface area contributed by atoms with E-state index in [1.165, 1.54) is 0 Å². The van der Waals surface area contributed by atoms with Crippen LogP contribution < -0.4 is 9.79 Å². The molecule has 74 valence electrons. The Morgan fingerprint density at radius 1 is 1.25 bits per heavy atom. The van der Waals surface area contributed by atoms with Gasteiger partial charge in [0.15, 0.2) is 0 Å². The fourth-order valence-electron chi connectivity index (χ4n) is 0.281. The van der Waals surface area contributed by atoms with Crippen molar-refractivity contribution in [3.63, 3.8) is 0 Å². The summed E-state index contributed by atoms with van der Waals surface area (Å²) in [6.45, 7) is 0. The van der Waals surface area contributed by atoms with E-state index in [0.29, 0.717) is 0 Å². The Morgan fingerprint density at radius 2 is 1.58 bits per heavy atom. The van der Waals surface area contributed by atoms with Crippen molar-refractivity contribution in [1.82, 2.24) is 0 Å². The molecule has 0 aromatic rings. The fourth-order valence-corrected chi connectivity index (χ4v) is 2.53. The Balaban J connectivity index is 4.83. The highest BCUT2D eigenvalue weighted by Crippen LogP contribution is 2.33. The van der Waals surface area contributed by atoms with Crippen molar-refractivity contribution in [3.8, 4) is 0 Å². The highest BCUT2D eigenvalue weighted by Gasteiger charge is 2.45. The van der Waals surface area contributed by atoms with Crippen molar-refractivity contribution >= 4 is 17.4 Å². The SMILES string of the molecule is O=P([O-])([O-])CS(=O)(=O)C(F)(F)F. The lowest BCUT2D eigenvalue weighted by molar-refractivity contribution is -0.312. The van der Waals surface area contributed by atoms with Crippen molar-refractivity contribution in [2.24, 2.45) is 0 Å². The maximum absolute atomic E-state index is 11.4. The van der Waals surface area contributed by atoms with Crippen LogP contribution in [0, 0.1) is 0 Å². The summed E-state index contributed by atoms with van der Waals surface area (Å²) in [5.74, 6) is 0. The van der Waals surface area contributed by atoms with Crippen LogP contribution >= 0.6 is 7.60 Å². The third-order valence-electron chi connectivity index (χ3n) is 0.681. The summed E-state index contributed by atoms with van der Waals surface area (Å²) >= 11 is 0. The molecule has 0 atom stereocenters. The van der Waals surface area contributed by atoms with Crippen LogP contribution in [0.2, 0.25) is 0 Å². The molecule has 0 saturated heterocycles. The van der Waals surface area contributed by atoms with E-state index in [1.807, 2.05) is 0 Å². The van der Waals surface area contributed by atoms with Gasteiger partial charge in [0, 0.05) is 0 Å². The maximum Gasteiger partial charge on any atom is 0.497 e. The van der Waals surface area contributed by atoms with Gasteiger partial charge in [0.05, 0.1) is 5.49 Å². The van der Waals surface area contributed by atoms with Gasteiger partial charge < -0.3 is 14.4 Å². The van der Waals surface area contributed by atoms with Crippen LogP contribution in [0.15, 0.2) is 0 Å². The van der Waals surface area contributed by atoms with E-state index in [1.54, 1.807) is 0 Å². The summed E-state index contributed by atoms with van der Waals surface area (Å²) in [6.07, 6.45) is 0. The van der Waals surface area contributed by atoms with Crippen LogP contribution in [0.5, 0.6) is 0 Å². The number of hydrogen-bond donors (Lipinski definition) is 0. The first-order valence-corrected chi connectivity index (χ1v) is 5.64. The molecule has 0 heterocycles. The Morgan fingerprint density at radius 3 is 1.67 bits per heavy atom. The predicted molar refractivity (Wildman–Crippen MR) is 27.4 cm³/mol. The molecule has 0 unspecified atom stereocenters. The normalized spacial score (nSPS) is 14.8. The van der Waals surface area contributed by atoms with Gasteiger partial charge in [0.2, 0.25) is 0 Å². The smallest absolute Gasteiger partial charge is 0.497 e. The summed E-state index contributed by atoms with van der Waals surface area (Å²) in [4.78, 5) is 19.4. The van der Waals surface area contributed by atoms with Gasteiger partial charge in [0.25, 0.3) is 9.84 Å². The average Bonchev–Trinajstić information content (AvgIpc) is 1.52. The lowest BCUT2D eigenvalue weighted by atomic mass is 11.6. The molecule has 0 saturated carbocycles. The third kappa shape index (κ3) is 3.53. The molecule has 5 nitrogen and oxygen atoms in total. The Hall–Kier alpha value is -0.110. The van der Waals surface area contributed by atoms with Crippen LogP contribution in [0.4, 0.5) is 13.2 Å². The summed E-state index contributed by atoms with van der Waals surface area (Å²) < 4.78 is 63.8. The molecule has 0 aromatic carbocycles. The summed E-state index contributed by atoms with van der Waals surface area (Å²) in [7, 11) is -11.5. The monoisotopic (exact) mass is 226 g/mol. The zero-order chi connectivity index (χ0) is 10.2. The first-order chi connectivity index (χ1) is 4.96. The van der Waals surface area contributed by atoms with Gasteiger partial charge in [-0.1, -0.05) is 7.60 Å². The molecule has 0 aliphatic rings. The Kier molecular flexibility index (Phi) is 2.96. The van der Waals surface area contributed by atoms with Crippen LogP contribution in [0.3, 0.4) is 0 Å². The van der Waals surface area contributed by atoms with Crippen LogP contribution in [0.25, 0.3) is 0 Å². The highest BCUT2D eigenvalue weighted by molar-refractivity contribution is 7.97. The van der Waals surface area contributed by atoms with E-state index in [4.69, 9.17) is 0 Å². The molecular formula is C2H2F3O5PS-2. The summed E-state index contributed by atoms with van der Waals surface area (Å²) in [5.41, 5.74) is -8.12. The second kappa shape index (κ2) is 2.99. The first kappa shape index (κ1) is 11.9.